The summed E-state index contributed by atoms with van der Waals surface area (Å²) in [5.41, 5.74) is 4.87. The van der Waals surface area contributed by atoms with Crippen LogP contribution in [0.4, 0.5) is 21.7 Å². The summed E-state index contributed by atoms with van der Waals surface area (Å²) in [6.45, 7) is 8.93. The smallest absolute Gasteiger partial charge is 0.229 e. The van der Waals surface area contributed by atoms with Gasteiger partial charge < -0.3 is 15.1 Å². The number of halogens is 1. The van der Waals surface area contributed by atoms with Gasteiger partial charge in [-0.3, -0.25) is 5.32 Å². The van der Waals surface area contributed by atoms with Crippen LogP contribution in [-0.4, -0.2) is 52.1 Å². The second-order valence-corrected chi connectivity index (χ2v) is 8.81. The molecule has 1 aromatic heterocycles. The number of thiocarbonyl (C=S) groups is 1. The Bertz CT molecular complexity index is 1180. The molecular formula is C26H30FN7S. The Labute approximate surface area is 211 Å². The third-order valence-electron chi connectivity index (χ3n) is 5.82. The Morgan fingerprint density at radius 2 is 1.63 bits per heavy atom. The summed E-state index contributed by atoms with van der Waals surface area (Å²) in [5, 5.41) is 6.93. The SMILES string of the molecule is CCc1ccccc1NC(=S)/N=C(/Nc1nc(C)cc(C)n1)N1CCN(c2ccc(F)cc2)CC1. The molecule has 182 valence electrons. The third-order valence-corrected chi connectivity index (χ3v) is 6.02. The molecular weight excluding hydrogens is 461 g/mol. The minimum Gasteiger partial charge on any atom is -0.368 e. The van der Waals surface area contributed by atoms with Gasteiger partial charge in [0.1, 0.15) is 5.82 Å². The van der Waals surface area contributed by atoms with Crippen molar-refractivity contribution >= 4 is 40.6 Å². The van der Waals surface area contributed by atoms with Crippen LogP contribution in [0, 0.1) is 19.7 Å². The Morgan fingerprint density at radius 1 is 0.971 bits per heavy atom. The molecule has 3 aromatic rings. The highest BCUT2D eigenvalue weighted by atomic mass is 32.1. The van der Waals surface area contributed by atoms with Crippen molar-refractivity contribution in [2.75, 3.05) is 41.7 Å². The van der Waals surface area contributed by atoms with Crippen molar-refractivity contribution in [3.05, 3.63) is 77.4 Å². The number of benzene rings is 2. The summed E-state index contributed by atoms with van der Waals surface area (Å²) in [7, 11) is 0. The lowest BCUT2D eigenvalue weighted by molar-refractivity contribution is 0.385. The molecule has 0 unspecified atom stereocenters. The van der Waals surface area contributed by atoms with Gasteiger partial charge in [-0.2, -0.15) is 4.99 Å². The number of piperazine rings is 1. The zero-order valence-corrected chi connectivity index (χ0v) is 21.1. The number of aromatic nitrogens is 2. The fourth-order valence-corrected chi connectivity index (χ4v) is 4.27. The van der Waals surface area contributed by atoms with E-state index in [0.29, 0.717) is 30.1 Å². The summed E-state index contributed by atoms with van der Waals surface area (Å²) in [4.78, 5) is 18.1. The van der Waals surface area contributed by atoms with Gasteiger partial charge in [0.15, 0.2) is 0 Å². The maximum absolute atomic E-state index is 13.3. The molecule has 2 aromatic carbocycles. The molecule has 2 N–H and O–H groups in total. The number of para-hydroxylation sites is 1. The van der Waals surface area contributed by atoms with E-state index in [1.807, 2.05) is 50.2 Å². The van der Waals surface area contributed by atoms with Crippen molar-refractivity contribution in [2.45, 2.75) is 27.2 Å². The van der Waals surface area contributed by atoms with Gasteiger partial charge in [0, 0.05) is 48.9 Å². The number of guanidine groups is 1. The molecule has 1 fully saturated rings. The molecule has 7 nitrogen and oxygen atoms in total. The summed E-state index contributed by atoms with van der Waals surface area (Å²) < 4.78 is 13.3. The summed E-state index contributed by atoms with van der Waals surface area (Å²) in [6.07, 6.45) is 0.891. The predicted octanol–water partition coefficient (Wildman–Crippen LogP) is 4.78. The highest BCUT2D eigenvalue weighted by Gasteiger charge is 2.22. The van der Waals surface area contributed by atoms with Crippen LogP contribution in [-0.2, 0) is 6.42 Å². The highest BCUT2D eigenvalue weighted by Crippen LogP contribution is 2.19. The quantitative estimate of drug-likeness (QED) is 0.309. The van der Waals surface area contributed by atoms with E-state index in [1.54, 1.807) is 0 Å². The lowest BCUT2D eigenvalue weighted by Crippen LogP contribution is -2.51. The van der Waals surface area contributed by atoms with Crippen LogP contribution < -0.4 is 15.5 Å². The maximum atomic E-state index is 13.3. The van der Waals surface area contributed by atoms with Crippen molar-refractivity contribution < 1.29 is 4.39 Å². The number of aliphatic imine (C=N–C) groups is 1. The molecule has 0 radical (unpaired) electrons. The van der Waals surface area contributed by atoms with Crippen LogP contribution in [0.25, 0.3) is 0 Å². The van der Waals surface area contributed by atoms with Crippen molar-refractivity contribution in [1.29, 1.82) is 0 Å². The average molecular weight is 492 g/mol. The van der Waals surface area contributed by atoms with Crippen LogP contribution in [0.3, 0.4) is 0 Å². The van der Waals surface area contributed by atoms with Crippen LogP contribution in [0.15, 0.2) is 59.6 Å². The monoisotopic (exact) mass is 491 g/mol. The van der Waals surface area contributed by atoms with E-state index in [9.17, 15) is 4.39 Å². The topological polar surface area (TPSA) is 68.7 Å². The molecule has 1 aliphatic heterocycles. The first-order valence-electron chi connectivity index (χ1n) is 11.7. The minimum absolute atomic E-state index is 0.231. The lowest BCUT2D eigenvalue weighted by Gasteiger charge is -2.37. The molecule has 2 heterocycles. The summed E-state index contributed by atoms with van der Waals surface area (Å²) in [5.74, 6) is 0.851. The Morgan fingerprint density at radius 3 is 2.29 bits per heavy atom. The number of anilines is 3. The zero-order chi connectivity index (χ0) is 24.8. The van der Waals surface area contributed by atoms with Gasteiger partial charge in [-0.25, -0.2) is 14.4 Å². The molecule has 0 aliphatic carbocycles. The van der Waals surface area contributed by atoms with Crippen LogP contribution >= 0.6 is 12.2 Å². The third kappa shape index (κ3) is 6.51. The summed E-state index contributed by atoms with van der Waals surface area (Å²) in [6, 6.07) is 16.6. The molecule has 0 bridgehead atoms. The predicted molar refractivity (Wildman–Crippen MR) is 145 cm³/mol. The molecule has 35 heavy (non-hydrogen) atoms. The van der Waals surface area contributed by atoms with Crippen molar-refractivity contribution in [1.82, 2.24) is 14.9 Å². The first-order valence-corrected chi connectivity index (χ1v) is 12.1. The fourth-order valence-electron chi connectivity index (χ4n) is 4.08. The standard InChI is InChI=1S/C26H30FN7S/c1-4-20-7-5-6-8-23(20)30-26(35)32-25(31-24-28-18(2)17-19(3)29-24)34-15-13-33(14-16-34)22-11-9-21(27)10-12-22/h5-12,17H,4,13-16H2,1-3H3,(H2,28,29,30,31,32,35). The van der Waals surface area contributed by atoms with Gasteiger partial charge in [0.05, 0.1) is 0 Å². The van der Waals surface area contributed by atoms with Crippen LogP contribution in [0.5, 0.6) is 0 Å². The Hall–Kier alpha value is -3.59. The Balaban J connectivity index is 1.54. The lowest BCUT2D eigenvalue weighted by atomic mass is 10.1. The summed E-state index contributed by atoms with van der Waals surface area (Å²) >= 11 is 5.62. The number of nitrogens with one attached hydrogen (secondary N) is 2. The number of nitrogens with zero attached hydrogens (tertiary/aromatic N) is 5. The first kappa shape index (κ1) is 24.5. The van der Waals surface area contributed by atoms with Gasteiger partial charge in [0.2, 0.25) is 17.0 Å². The van der Waals surface area contributed by atoms with Gasteiger partial charge in [-0.1, -0.05) is 25.1 Å². The molecule has 0 spiro atoms. The second kappa shape index (κ2) is 11.2. The largest absolute Gasteiger partial charge is 0.368 e. The second-order valence-electron chi connectivity index (χ2n) is 8.43. The maximum Gasteiger partial charge on any atom is 0.229 e. The zero-order valence-electron chi connectivity index (χ0n) is 20.3. The fraction of sp³-hybridized carbons (Fsp3) is 0.308. The van der Waals surface area contributed by atoms with Gasteiger partial charge in [-0.15, -0.1) is 0 Å². The van der Waals surface area contributed by atoms with E-state index >= 15 is 0 Å². The highest BCUT2D eigenvalue weighted by molar-refractivity contribution is 7.80. The Kier molecular flexibility index (Phi) is 7.87. The van der Waals surface area contributed by atoms with Crippen molar-refractivity contribution in [3.63, 3.8) is 0 Å². The minimum atomic E-state index is -0.231. The first-order chi connectivity index (χ1) is 16.9. The van der Waals surface area contributed by atoms with Crippen LogP contribution in [0.2, 0.25) is 0 Å². The van der Waals surface area contributed by atoms with Crippen molar-refractivity contribution in [3.8, 4) is 0 Å². The number of hydrogen-bond donors (Lipinski definition) is 2. The van der Waals surface area contributed by atoms with E-state index in [0.717, 1.165) is 42.3 Å². The molecule has 0 atom stereocenters. The molecule has 1 saturated heterocycles. The van der Waals surface area contributed by atoms with E-state index in [-0.39, 0.29) is 5.82 Å². The van der Waals surface area contributed by atoms with Gasteiger partial charge in [-0.05, 0) is 74.4 Å². The van der Waals surface area contributed by atoms with E-state index in [1.165, 1.54) is 17.7 Å². The normalized spacial score (nSPS) is 14.1. The number of hydrogen-bond acceptors (Lipinski definition) is 4. The number of aryl methyl sites for hydroxylation is 3. The molecule has 0 amide bonds. The van der Waals surface area contributed by atoms with E-state index in [2.05, 4.69) is 43.4 Å². The molecule has 9 heteroatoms. The van der Waals surface area contributed by atoms with Gasteiger partial charge in [0.25, 0.3) is 0 Å². The molecule has 0 saturated carbocycles. The van der Waals surface area contributed by atoms with Crippen LogP contribution in [0.1, 0.15) is 23.9 Å². The average Bonchev–Trinajstić information content (AvgIpc) is 2.84. The van der Waals surface area contributed by atoms with E-state index < -0.39 is 0 Å². The van der Waals surface area contributed by atoms with Gasteiger partial charge >= 0.3 is 0 Å². The van der Waals surface area contributed by atoms with Crippen molar-refractivity contribution in [2.24, 2.45) is 4.99 Å². The molecule has 4 rings (SSSR count). The molecule has 1 aliphatic rings. The number of rotatable bonds is 4. The van der Waals surface area contributed by atoms with E-state index in [4.69, 9.17) is 17.2 Å².